The van der Waals surface area contributed by atoms with Gasteiger partial charge in [0.1, 0.15) is 6.10 Å². The zero-order valence-electron chi connectivity index (χ0n) is 40.6. The van der Waals surface area contributed by atoms with Crippen molar-refractivity contribution >= 4 is 5.97 Å². The highest BCUT2D eigenvalue weighted by Gasteiger charge is 2.36. The Kier molecular flexibility index (Phi) is 25.6. The molecule has 0 amide bonds. The molecule has 0 spiro atoms. The second-order valence-electron chi connectivity index (χ2n) is 19.2. The first kappa shape index (κ1) is 53.2. The summed E-state index contributed by atoms with van der Waals surface area (Å²) in [6, 6.07) is 0. The molecule has 1 N–H and O–H groups in total. The van der Waals surface area contributed by atoms with E-state index in [0.29, 0.717) is 12.3 Å². The van der Waals surface area contributed by atoms with Gasteiger partial charge in [-0.15, -0.1) is 0 Å². The summed E-state index contributed by atoms with van der Waals surface area (Å²) in [5, 5.41) is 10.2. The van der Waals surface area contributed by atoms with Gasteiger partial charge in [-0.05, 0) is 122 Å². The van der Waals surface area contributed by atoms with Gasteiger partial charge >= 0.3 is 5.97 Å². The van der Waals surface area contributed by atoms with E-state index in [9.17, 15) is 9.90 Å². The molecule has 3 nitrogen and oxygen atoms in total. The molecule has 0 saturated heterocycles. The number of hydrogen-bond acceptors (Lipinski definition) is 3. The van der Waals surface area contributed by atoms with Crippen LogP contribution in [0.5, 0.6) is 0 Å². The van der Waals surface area contributed by atoms with Crippen LogP contribution in [0.2, 0.25) is 0 Å². The van der Waals surface area contributed by atoms with Crippen LogP contribution in [0.4, 0.5) is 0 Å². The minimum Gasteiger partial charge on any atom is -0.458 e. The van der Waals surface area contributed by atoms with Crippen molar-refractivity contribution in [3.63, 3.8) is 0 Å². The number of carbonyl (C=O) groups excluding carboxylic acids is 1. The topological polar surface area (TPSA) is 46.5 Å². The van der Waals surface area contributed by atoms with E-state index in [1.54, 1.807) is 0 Å². The van der Waals surface area contributed by atoms with E-state index >= 15 is 0 Å². The number of aliphatic hydroxyl groups excluding tert-OH is 1. The largest absolute Gasteiger partial charge is 0.458 e. The Morgan fingerprint density at radius 1 is 0.705 bits per heavy atom. The highest BCUT2D eigenvalue weighted by molar-refractivity contribution is 5.69. The van der Waals surface area contributed by atoms with Crippen LogP contribution in [0, 0.1) is 16.7 Å². The highest BCUT2D eigenvalue weighted by atomic mass is 16.5. The summed E-state index contributed by atoms with van der Waals surface area (Å²) in [4.78, 5) is 12.7. The van der Waals surface area contributed by atoms with Gasteiger partial charge in [-0.2, -0.15) is 0 Å². The number of carbonyl (C=O) groups is 1. The van der Waals surface area contributed by atoms with Crippen LogP contribution in [-0.2, 0) is 9.53 Å². The lowest BCUT2D eigenvalue weighted by Crippen LogP contribution is -2.34. The van der Waals surface area contributed by atoms with E-state index in [0.717, 1.165) is 44.9 Å². The standard InChI is InChI=1S/C58H86O3/c1-12-13-14-15-16-17-18-19-20-21-22-23-24-25-26-37-56(60)61-53-43-51(7)55(58(10,11)45-53)41-39-49(5)36-30-34-47(3)32-28-27-31-46(2)33-29-35-48(4)38-40-54-50(6)42-52(59)44-57(54,8)9/h16-17,19-20,27-36,38-41,43,52-53,55,59H,12-15,18,21-26,37,42,44-45H2,1-11H3/b17-16-,20-19-,28-27+,33-29+,34-30+,40-38+,41-39+,46-31+,47-32+,48-35+,49-36+/t52-,53+,55+/m1/s1. The first-order chi connectivity index (χ1) is 29.0. The third kappa shape index (κ3) is 23.2. The lowest BCUT2D eigenvalue weighted by atomic mass is 9.67. The third-order valence-electron chi connectivity index (χ3n) is 11.9. The molecule has 0 aromatic rings. The fourth-order valence-electron chi connectivity index (χ4n) is 8.50. The molecule has 2 aliphatic carbocycles. The maximum Gasteiger partial charge on any atom is 0.306 e. The lowest BCUT2D eigenvalue weighted by Gasteiger charge is -2.40. The first-order valence-corrected chi connectivity index (χ1v) is 23.7. The summed E-state index contributed by atoms with van der Waals surface area (Å²) in [6.45, 7) is 24.1. The van der Waals surface area contributed by atoms with Crippen LogP contribution in [0.15, 0.2) is 154 Å². The minimum absolute atomic E-state index is 0.00474. The maximum absolute atomic E-state index is 12.7. The molecule has 3 atom stereocenters. The smallest absolute Gasteiger partial charge is 0.306 e. The van der Waals surface area contributed by atoms with Gasteiger partial charge < -0.3 is 9.84 Å². The lowest BCUT2D eigenvalue weighted by molar-refractivity contribution is -0.148. The molecule has 0 bridgehead atoms. The Bertz CT molecular complexity index is 1750. The van der Waals surface area contributed by atoms with E-state index in [2.05, 4.69) is 192 Å². The fraction of sp³-hybridized carbons (Fsp3) is 0.534. The molecule has 0 aromatic heterocycles. The normalized spacial score (nSPS) is 22.2. The molecular formula is C58H86O3. The van der Waals surface area contributed by atoms with Crippen molar-refractivity contribution in [1.82, 2.24) is 0 Å². The Morgan fingerprint density at radius 2 is 1.25 bits per heavy atom. The van der Waals surface area contributed by atoms with Gasteiger partial charge in [-0.1, -0.05) is 210 Å². The average Bonchev–Trinajstić information content (AvgIpc) is 3.16. The molecule has 0 saturated carbocycles. The van der Waals surface area contributed by atoms with Gasteiger partial charge in [0, 0.05) is 12.3 Å². The molecule has 0 heterocycles. The van der Waals surface area contributed by atoms with Crippen molar-refractivity contribution in [2.24, 2.45) is 16.7 Å². The molecule has 0 fully saturated rings. The van der Waals surface area contributed by atoms with Gasteiger partial charge in [0.2, 0.25) is 0 Å². The number of esters is 1. The summed E-state index contributed by atoms with van der Waals surface area (Å²) in [5.41, 5.74) is 8.65. The molecule has 0 unspecified atom stereocenters. The highest BCUT2D eigenvalue weighted by Crippen LogP contribution is 2.43. The molecule has 2 rings (SSSR count). The third-order valence-corrected chi connectivity index (χ3v) is 11.9. The number of hydrogen-bond donors (Lipinski definition) is 1. The SMILES string of the molecule is CCCCC/C=C\C/C=C\CCCCCCCC(=O)O[C@H]1C=C(C)[C@H](/C=C/C(C)=C/C=C/C(C)=C/C=C/C=C(C)/C=C/C=C(C)/C=C/C2=C(C)C[C@@H](O)CC2(C)C)C(C)(C)C1. The molecular weight excluding hydrogens is 745 g/mol. The van der Waals surface area contributed by atoms with Crippen molar-refractivity contribution in [3.8, 4) is 0 Å². The summed E-state index contributed by atoms with van der Waals surface area (Å²) < 4.78 is 5.97. The first-order valence-electron chi connectivity index (χ1n) is 23.7. The van der Waals surface area contributed by atoms with Crippen molar-refractivity contribution in [3.05, 3.63) is 154 Å². The quantitative estimate of drug-likeness (QED) is 0.0431. The van der Waals surface area contributed by atoms with Crippen LogP contribution in [0.1, 0.15) is 172 Å². The summed E-state index contributed by atoms with van der Waals surface area (Å²) in [6.07, 6.45) is 57.0. The van der Waals surface area contributed by atoms with E-state index in [1.165, 1.54) is 84.0 Å². The van der Waals surface area contributed by atoms with Gasteiger partial charge in [0.15, 0.2) is 0 Å². The van der Waals surface area contributed by atoms with Gasteiger partial charge in [-0.25, -0.2) is 0 Å². The van der Waals surface area contributed by atoms with Crippen LogP contribution >= 0.6 is 0 Å². The fourth-order valence-corrected chi connectivity index (χ4v) is 8.50. The van der Waals surface area contributed by atoms with Crippen molar-refractivity contribution < 1.29 is 14.6 Å². The molecule has 0 aromatic carbocycles. The number of unbranched alkanes of at least 4 members (excludes halogenated alkanes) is 8. The average molecular weight is 831 g/mol. The summed E-state index contributed by atoms with van der Waals surface area (Å²) in [5.74, 6) is 0.233. The molecule has 0 aliphatic heterocycles. The van der Waals surface area contributed by atoms with E-state index in [4.69, 9.17) is 4.74 Å². The summed E-state index contributed by atoms with van der Waals surface area (Å²) >= 11 is 0. The Hall–Kier alpha value is -3.95. The summed E-state index contributed by atoms with van der Waals surface area (Å²) in [7, 11) is 0. The van der Waals surface area contributed by atoms with Crippen molar-refractivity contribution in [2.75, 3.05) is 0 Å². The molecule has 61 heavy (non-hydrogen) atoms. The molecule has 336 valence electrons. The number of rotatable bonds is 25. The zero-order valence-corrected chi connectivity index (χ0v) is 40.6. The van der Waals surface area contributed by atoms with Gasteiger partial charge in [0.25, 0.3) is 0 Å². The van der Waals surface area contributed by atoms with Crippen LogP contribution in [-0.4, -0.2) is 23.3 Å². The number of ether oxygens (including phenoxy) is 1. The number of allylic oxidation sites excluding steroid dienone is 24. The van der Waals surface area contributed by atoms with Crippen LogP contribution in [0.25, 0.3) is 0 Å². The van der Waals surface area contributed by atoms with E-state index in [-0.39, 0.29) is 29.0 Å². The van der Waals surface area contributed by atoms with Crippen LogP contribution < -0.4 is 0 Å². The minimum atomic E-state index is -0.234. The van der Waals surface area contributed by atoms with Gasteiger partial charge in [0.05, 0.1) is 6.10 Å². The Labute approximate surface area is 375 Å². The van der Waals surface area contributed by atoms with Crippen molar-refractivity contribution in [1.29, 1.82) is 0 Å². The zero-order chi connectivity index (χ0) is 45.1. The van der Waals surface area contributed by atoms with Crippen LogP contribution in [0.3, 0.4) is 0 Å². The maximum atomic E-state index is 12.7. The molecule has 0 radical (unpaired) electrons. The predicted molar refractivity (Wildman–Crippen MR) is 267 cm³/mol. The second-order valence-corrected chi connectivity index (χ2v) is 19.2. The molecule has 2 aliphatic rings. The molecule has 3 heteroatoms. The van der Waals surface area contributed by atoms with Gasteiger partial charge in [-0.3, -0.25) is 4.79 Å². The van der Waals surface area contributed by atoms with E-state index < -0.39 is 0 Å². The van der Waals surface area contributed by atoms with Crippen molar-refractivity contribution in [2.45, 2.75) is 185 Å². The predicted octanol–water partition coefficient (Wildman–Crippen LogP) is 16.8. The Morgan fingerprint density at radius 3 is 1.84 bits per heavy atom. The van der Waals surface area contributed by atoms with E-state index in [1.807, 2.05) is 0 Å². The second kappa shape index (κ2) is 29.4. The monoisotopic (exact) mass is 831 g/mol. The Balaban J connectivity index is 1.75. The number of aliphatic hydroxyl groups is 1.